The third-order valence-corrected chi connectivity index (χ3v) is 23.5. The lowest BCUT2D eigenvalue weighted by Crippen LogP contribution is -2.46. The van der Waals surface area contributed by atoms with Crippen LogP contribution in [0, 0.1) is 0 Å². The molecule has 8 aromatic rings. The van der Waals surface area contributed by atoms with Crippen LogP contribution in [0.2, 0.25) is 0 Å². The second-order valence-electron chi connectivity index (χ2n) is 15.2. The molecule has 0 aromatic heterocycles. The van der Waals surface area contributed by atoms with Crippen molar-refractivity contribution in [1.29, 1.82) is 0 Å². The SMILES string of the molecule is CCCCC(C(C(CP(c1ccccc1)c1ccccc1)P(c1ccccc1)c1ccccc1)P(c1ccccc1)c1ccccc1)P(c1ccccc1)c1ccccc1. The highest BCUT2D eigenvalue weighted by atomic mass is 31.1. The van der Waals surface area contributed by atoms with Crippen LogP contribution in [-0.4, -0.2) is 23.1 Å². The normalized spacial score (nSPS) is 13.1. The Labute approximate surface area is 364 Å². The first-order chi connectivity index (χ1) is 29.8. The largest absolute Gasteiger partial charge is 0.0654 e. The summed E-state index contributed by atoms with van der Waals surface area (Å²) in [7, 11) is -3.21. The van der Waals surface area contributed by atoms with E-state index >= 15 is 0 Å². The fraction of sp³-hybridized carbons (Fsp3) is 0.143. The minimum absolute atomic E-state index is 0.335. The molecule has 0 bridgehead atoms. The maximum atomic E-state index is 2.46. The minimum atomic E-state index is -0.862. The summed E-state index contributed by atoms with van der Waals surface area (Å²) in [4.78, 5) is 0. The molecule has 60 heavy (non-hydrogen) atoms. The molecular weight excluding hydrogens is 797 g/mol. The third-order valence-electron chi connectivity index (χ3n) is 11.3. The highest BCUT2D eigenvalue weighted by Crippen LogP contribution is 2.61. The molecule has 0 aliphatic heterocycles. The summed E-state index contributed by atoms with van der Waals surface area (Å²) in [6.45, 7) is 2.39. The van der Waals surface area contributed by atoms with Crippen molar-refractivity contribution < 1.29 is 0 Å². The van der Waals surface area contributed by atoms with E-state index in [1.54, 1.807) is 0 Å². The van der Waals surface area contributed by atoms with E-state index in [-0.39, 0.29) is 0 Å². The van der Waals surface area contributed by atoms with E-state index in [0.717, 1.165) is 6.16 Å². The summed E-state index contributed by atoms with van der Waals surface area (Å²) in [5, 5.41) is 11.8. The van der Waals surface area contributed by atoms with Gasteiger partial charge in [-0.05, 0) is 98.0 Å². The molecule has 0 aliphatic carbocycles. The third kappa shape index (κ3) is 10.3. The van der Waals surface area contributed by atoms with Gasteiger partial charge in [0, 0.05) is 5.66 Å². The van der Waals surface area contributed by atoms with Crippen molar-refractivity contribution in [2.24, 2.45) is 0 Å². The Balaban J connectivity index is 1.49. The molecule has 298 valence electrons. The molecule has 3 unspecified atom stereocenters. The van der Waals surface area contributed by atoms with Crippen LogP contribution in [-0.2, 0) is 0 Å². The molecule has 4 heteroatoms. The van der Waals surface area contributed by atoms with Gasteiger partial charge in [0.15, 0.2) is 0 Å². The van der Waals surface area contributed by atoms with E-state index in [2.05, 4.69) is 250 Å². The maximum absolute atomic E-state index is 2.46. The van der Waals surface area contributed by atoms with Gasteiger partial charge in [-0.15, -0.1) is 0 Å². The number of benzene rings is 8. The van der Waals surface area contributed by atoms with Gasteiger partial charge in [0.2, 0.25) is 0 Å². The average molecular weight is 851 g/mol. The van der Waals surface area contributed by atoms with E-state index in [4.69, 9.17) is 0 Å². The van der Waals surface area contributed by atoms with Crippen molar-refractivity contribution in [2.45, 2.75) is 43.2 Å². The van der Waals surface area contributed by atoms with E-state index in [1.165, 1.54) is 61.7 Å². The molecule has 8 aromatic carbocycles. The zero-order valence-corrected chi connectivity index (χ0v) is 38.0. The van der Waals surface area contributed by atoms with Gasteiger partial charge in [-0.1, -0.05) is 262 Å². The van der Waals surface area contributed by atoms with Crippen LogP contribution >= 0.6 is 31.7 Å². The monoisotopic (exact) mass is 850 g/mol. The highest BCUT2D eigenvalue weighted by molar-refractivity contribution is 7.81. The molecule has 0 fully saturated rings. The van der Waals surface area contributed by atoms with E-state index < -0.39 is 31.7 Å². The predicted octanol–water partition coefficient (Wildman–Crippen LogP) is 11.8. The molecule has 3 atom stereocenters. The van der Waals surface area contributed by atoms with Crippen LogP contribution in [0.3, 0.4) is 0 Å². The Kier molecular flexibility index (Phi) is 15.3. The van der Waals surface area contributed by atoms with Gasteiger partial charge in [-0.3, -0.25) is 0 Å². The van der Waals surface area contributed by atoms with Crippen molar-refractivity contribution in [3.05, 3.63) is 243 Å². The standard InChI is InChI=1S/C56H54P4/c1-2-3-44-54(58(48-32-16-6-17-33-48)49-34-18-7-19-35-49)56(60(52-40-24-10-25-41-52)53-42-26-11-27-43-53)55(59(50-36-20-8-21-37-50)51-38-22-9-23-39-51)45-57(46-28-12-4-13-29-46)47-30-14-5-15-31-47/h4-43,54-56H,2-3,44-45H2,1H3. The lowest BCUT2D eigenvalue weighted by atomic mass is 10.1. The Hall–Kier alpha value is -4.52. The first kappa shape index (κ1) is 42.2. The number of hydrogen-bond acceptors (Lipinski definition) is 0. The molecule has 0 N–H and O–H groups in total. The Morgan fingerprint density at radius 1 is 0.300 bits per heavy atom. The van der Waals surface area contributed by atoms with Gasteiger partial charge in [0.25, 0.3) is 0 Å². The van der Waals surface area contributed by atoms with Crippen LogP contribution in [0.15, 0.2) is 243 Å². The first-order valence-electron chi connectivity index (χ1n) is 21.4. The smallest absolute Gasteiger partial charge is 0.00221 e. The second kappa shape index (κ2) is 21.8. The summed E-state index contributed by atoms with van der Waals surface area (Å²) in [5.74, 6) is 0. The van der Waals surface area contributed by atoms with Crippen molar-refractivity contribution in [1.82, 2.24) is 0 Å². The molecule has 0 spiro atoms. The topological polar surface area (TPSA) is 0 Å². The molecule has 8 rings (SSSR count). The van der Waals surface area contributed by atoms with Crippen molar-refractivity contribution in [3.63, 3.8) is 0 Å². The van der Waals surface area contributed by atoms with Crippen molar-refractivity contribution in [3.8, 4) is 0 Å². The van der Waals surface area contributed by atoms with Gasteiger partial charge in [0.1, 0.15) is 0 Å². The quantitative estimate of drug-likeness (QED) is 0.0755. The van der Waals surface area contributed by atoms with E-state index in [9.17, 15) is 0 Å². The summed E-state index contributed by atoms with van der Waals surface area (Å²) < 4.78 is 0. The summed E-state index contributed by atoms with van der Waals surface area (Å²) in [6, 6.07) is 93.0. The van der Waals surface area contributed by atoms with Crippen LogP contribution in [0.4, 0.5) is 0 Å². The van der Waals surface area contributed by atoms with E-state index in [0.29, 0.717) is 17.0 Å². The highest BCUT2D eigenvalue weighted by Gasteiger charge is 2.46. The fourth-order valence-corrected chi connectivity index (χ4v) is 22.6. The Morgan fingerprint density at radius 2 is 0.550 bits per heavy atom. The summed E-state index contributed by atoms with van der Waals surface area (Å²) >= 11 is 0. The van der Waals surface area contributed by atoms with Gasteiger partial charge in [-0.25, -0.2) is 0 Å². The molecular formula is C56H54P4. The molecule has 0 heterocycles. The van der Waals surface area contributed by atoms with Gasteiger partial charge in [0.05, 0.1) is 0 Å². The van der Waals surface area contributed by atoms with E-state index in [1.807, 2.05) is 0 Å². The zero-order chi connectivity index (χ0) is 40.8. The Bertz CT molecular complexity index is 2240. The molecule has 0 radical (unpaired) electrons. The number of hydrogen-bond donors (Lipinski definition) is 0. The molecule has 0 saturated heterocycles. The summed E-state index contributed by atoms with van der Waals surface area (Å²) in [6.07, 6.45) is 4.63. The van der Waals surface area contributed by atoms with Gasteiger partial charge < -0.3 is 0 Å². The second-order valence-corrected chi connectivity index (χ2v) is 24.7. The fourth-order valence-electron chi connectivity index (χ4n) is 8.66. The molecule has 0 nitrogen and oxygen atoms in total. The maximum Gasteiger partial charge on any atom is 0.00221 e. The zero-order valence-electron chi connectivity index (χ0n) is 34.4. The lowest BCUT2D eigenvalue weighted by molar-refractivity contribution is 0.648. The van der Waals surface area contributed by atoms with Gasteiger partial charge >= 0.3 is 0 Å². The summed E-state index contributed by atoms with van der Waals surface area (Å²) in [5.41, 5.74) is 1.08. The van der Waals surface area contributed by atoms with Crippen LogP contribution in [0.1, 0.15) is 26.2 Å². The lowest BCUT2D eigenvalue weighted by Gasteiger charge is -2.47. The molecule has 0 saturated carbocycles. The van der Waals surface area contributed by atoms with Crippen LogP contribution in [0.5, 0.6) is 0 Å². The van der Waals surface area contributed by atoms with Crippen LogP contribution < -0.4 is 42.4 Å². The predicted molar refractivity (Wildman–Crippen MR) is 272 cm³/mol. The Morgan fingerprint density at radius 3 is 0.833 bits per heavy atom. The number of unbranched alkanes of at least 4 members (excludes halogenated alkanes) is 1. The average Bonchev–Trinajstić information content (AvgIpc) is 3.33. The van der Waals surface area contributed by atoms with Gasteiger partial charge in [-0.2, -0.15) is 0 Å². The van der Waals surface area contributed by atoms with Crippen molar-refractivity contribution >= 4 is 74.1 Å². The number of rotatable bonds is 18. The molecule has 0 aliphatic rings. The molecule has 0 amide bonds. The minimum Gasteiger partial charge on any atom is -0.0654 e. The van der Waals surface area contributed by atoms with Crippen molar-refractivity contribution in [2.75, 3.05) is 6.16 Å². The van der Waals surface area contributed by atoms with Crippen LogP contribution in [0.25, 0.3) is 0 Å². The first-order valence-corrected chi connectivity index (χ1v) is 27.1.